The Morgan fingerprint density at radius 3 is 2.68 bits per heavy atom. The standard InChI is InChI=1S/C14H12F2N2O/c15-12-6-4-11(9-13(12)16)18-14(19)7-5-10-3-1-2-8-17-10/h1-4,6,8-9H,5,7H2,(H,18,19). The number of nitrogens with one attached hydrogen (secondary N) is 1. The maximum Gasteiger partial charge on any atom is 0.224 e. The van der Waals surface area contributed by atoms with Gasteiger partial charge in [0, 0.05) is 30.1 Å². The van der Waals surface area contributed by atoms with Crippen LogP contribution in [0.2, 0.25) is 0 Å². The van der Waals surface area contributed by atoms with E-state index in [0.717, 1.165) is 17.8 Å². The number of hydrogen-bond donors (Lipinski definition) is 1. The van der Waals surface area contributed by atoms with Crippen molar-refractivity contribution in [1.82, 2.24) is 4.98 Å². The number of amides is 1. The van der Waals surface area contributed by atoms with E-state index in [0.29, 0.717) is 6.42 Å². The van der Waals surface area contributed by atoms with E-state index in [1.807, 2.05) is 12.1 Å². The molecule has 1 aromatic carbocycles. The lowest BCUT2D eigenvalue weighted by Crippen LogP contribution is -2.12. The topological polar surface area (TPSA) is 42.0 Å². The molecule has 0 aliphatic carbocycles. The number of anilines is 1. The average Bonchev–Trinajstić information content (AvgIpc) is 2.42. The molecule has 5 heteroatoms. The minimum atomic E-state index is -0.984. The van der Waals surface area contributed by atoms with Crippen LogP contribution in [0, 0.1) is 11.6 Å². The van der Waals surface area contributed by atoms with Crippen LogP contribution >= 0.6 is 0 Å². The Bertz CT molecular complexity index is 573. The van der Waals surface area contributed by atoms with Crippen LogP contribution in [-0.2, 0) is 11.2 Å². The lowest BCUT2D eigenvalue weighted by atomic mass is 10.2. The second kappa shape index (κ2) is 6.04. The van der Waals surface area contributed by atoms with E-state index in [2.05, 4.69) is 10.3 Å². The van der Waals surface area contributed by atoms with Gasteiger partial charge < -0.3 is 5.32 Å². The molecule has 2 rings (SSSR count). The van der Waals surface area contributed by atoms with Crippen molar-refractivity contribution in [2.24, 2.45) is 0 Å². The molecule has 0 aliphatic heterocycles. The number of aryl methyl sites for hydroxylation is 1. The fourth-order valence-electron chi connectivity index (χ4n) is 1.58. The highest BCUT2D eigenvalue weighted by Crippen LogP contribution is 2.13. The minimum Gasteiger partial charge on any atom is -0.326 e. The van der Waals surface area contributed by atoms with Crippen LogP contribution in [0.3, 0.4) is 0 Å². The normalized spacial score (nSPS) is 10.2. The first kappa shape index (κ1) is 13.1. The Kier molecular flexibility index (Phi) is 4.18. The fourth-order valence-corrected chi connectivity index (χ4v) is 1.58. The average molecular weight is 262 g/mol. The number of benzene rings is 1. The summed E-state index contributed by atoms with van der Waals surface area (Å²) in [7, 11) is 0. The first-order valence-corrected chi connectivity index (χ1v) is 5.80. The van der Waals surface area contributed by atoms with E-state index in [-0.39, 0.29) is 18.0 Å². The molecule has 0 bridgehead atoms. The summed E-state index contributed by atoms with van der Waals surface area (Å²) in [6.45, 7) is 0. The van der Waals surface area contributed by atoms with Crippen molar-refractivity contribution < 1.29 is 13.6 Å². The van der Waals surface area contributed by atoms with Crippen molar-refractivity contribution in [3.63, 3.8) is 0 Å². The lowest BCUT2D eigenvalue weighted by molar-refractivity contribution is -0.116. The minimum absolute atomic E-state index is 0.232. The summed E-state index contributed by atoms with van der Waals surface area (Å²) >= 11 is 0. The van der Waals surface area contributed by atoms with Crippen LogP contribution in [0.15, 0.2) is 42.6 Å². The van der Waals surface area contributed by atoms with Crippen molar-refractivity contribution in [2.75, 3.05) is 5.32 Å². The molecule has 0 aliphatic rings. The smallest absolute Gasteiger partial charge is 0.224 e. The molecule has 0 saturated carbocycles. The van der Waals surface area contributed by atoms with Gasteiger partial charge in [-0.05, 0) is 30.7 Å². The zero-order chi connectivity index (χ0) is 13.7. The van der Waals surface area contributed by atoms with Gasteiger partial charge in [0.1, 0.15) is 0 Å². The molecule has 2 aromatic rings. The predicted octanol–water partition coefficient (Wildman–Crippen LogP) is 2.93. The number of hydrogen-bond acceptors (Lipinski definition) is 2. The molecule has 1 N–H and O–H groups in total. The Balaban J connectivity index is 1.89. The fraction of sp³-hybridized carbons (Fsp3) is 0.143. The summed E-state index contributed by atoms with van der Waals surface area (Å²) in [6.07, 6.45) is 2.38. The molecule has 98 valence electrons. The number of nitrogens with zero attached hydrogens (tertiary/aromatic N) is 1. The molecule has 1 aromatic heterocycles. The number of carbonyl (C=O) groups is 1. The summed E-state index contributed by atoms with van der Waals surface area (Å²) in [4.78, 5) is 15.7. The van der Waals surface area contributed by atoms with Gasteiger partial charge in [0.25, 0.3) is 0 Å². The lowest BCUT2D eigenvalue weighted by Gasteiger charge is -2.05. The van der Waals surface area contributed by atoms with Gasteiger partial charge in [0.05, 0.1) is 0 Å². The first-order chi connectivity index (χ1) is 9.15. The molecule has 3 nitrogen and oxygen atoms in total. The molecule has 19 heavy (non-hydrogen) atoms. The Morgan fingerprint density at radius 1 is 1.16 bits per heavy atom. The number of carbonyl (C=O) groups excluding carboxylic acids is 1. The molecule has 0 atom stereocenters. The van der Waals surface area contributed by atoms with Crippen LogP contribution in [0.25, 0.3) is 0 Å². The first-order valence-electron chi connectivity index (χ1n) is 5.80. The largest absolute Gasteiger partial charge is 0.326 e. The second-order valence-corrected chi connectivity index (χ2v) is 4.00. The molecular weight excluding hydrogens is 250 g/mol. The summed E-state index contributed by atoms with van der Waals surface area (Å²) in [5.74, 6) is -2.19. The highest BCUT2D eigenvalue weighted by molar-refractivity contribution is 5.90. The van der Waals surface area contributed by atoms with Crippen molar-refractivity contribution >= 4 is 11.6 Å². The molecule has 0 spiro atoms. The van der Waals surface area contributed by atoms with Crippen LogP contribution in [0.1, 0.15) is 12.1 Å². The molecule has 0 fully saturated rings. The zero-order valence-electron chi connectivity index (χ0n) is 10.1. The third kappa shape index (κ3) is 3.84. The maximum atomic E-state index is 12.9. The van der Waals surface area contributed by atoms with E-state index in [9.17, 15) is 13.6 Å². The maximum absolute atomic E-state index is 12.9. The van der Waals surface area contributed by atoms with Crippen molar-refractivity contribution in [3.05, 3.63) is 59.9 Å². The summed E-state index contributed by atoms with van der Waals surface area (Å²) in [6, 6.07) is 8.71. The highest BCUT2D eigenvalue weighted by atomic mass is 19.2. The number of halogens is 2. The Morgan fingerprint density at radius 2 is 2.00 bits per heavy atom. The van der Waals surface area contributed by atoms with E-state index >= 15 is 0 Å². The van der Waals surface area contributed by atoms with E-state index in [1.54, 1.807) is 12.3 Å². The molecule has 0 saturated heterocycles. The van der Waals surface area contributed by atoms with E-state index in [1.165, 1.54) is 6.07 Å². The highest BCUT2D eigenvalue weighted by Gasteiger charge is 2.06. The van der Waals surface area contributed by atoms with E-state index < -0.39 is 11.6 Å². The van der Waals surface area contributed by atoms with Gasteiger partial charge in [0.15, 0.2) is 11.6 Å². The number of rotatable bonds is 4. The third-order valence-electron chi connectivity index (χ3n) is 2.54. The van der Waals surface area contributed by atoms with Crippen LogP contribution in [0.5, 0.6) is 0 Å². The summed E-state index contributed by atoms with van der Waals surface area (Å²) in [5.41, 5.74) is 1.05. The van der Waals surface area contributed by atoms with E-state index in [4.69, 9.17) is 0 Å². The van der Waals surface area contributed by atoms with Gasteiger partial charge in [-0.1, -0.05) is 6.07 Å². The van der Waals surface area contributed by atoms with Crippen molar-refractivity contribution in [2.45, 2.75) is 12.8 Å². The van der Waals surface area contributed by atoms with Crippen LogP contribution in [-0.4, -0.2) is 10.9 Å². The Labute approximate surface area is 109 Å². The van der Waals surface area contributed by atoms with Crippen LogP contribution in [0.4, 0.5) is 14.5 Å². The third-order valence-corrected chi connectivity index (χ3v) is 2.54. The van der Waals surface area contributed by atoms with Gasteiger partial charge >= 0.3 is 0 Å². The summed E-state index contributed by atoms with van der Waals surface area (Å²) in [5, 5.41) is 2.51. The molecule has 1 heterocycles. The molecule has 1 amide bonds. The summed E-state index contributed by atoms with van der Waals surface area (Å²) < 4.78 is 25.7. The molecular formula is C14H12F2N2O. The van der Waals surface area contributed by atoms with Gasteiger partial charge in [-0.3, -0.25) is 9.78 Å². The second-order valence-electron chi connectivity index (χ2n) is 4.00. The van der Waals surface area contributed by atoms with Crippen molar-refractivity contribution in [1.29, 1.82) is 0 Å². The number of pyridine rings is 1. The van der Waals surface area contributed by atoms with Crippen molar-refractivity contribution in [3.8, 4) is 0 Å². The van der Waals surface area contributed by atoms with Gasteiger partial charge in [-0.15, -0.1) is 0 Å². The molecule has 0 radical (unpaired) electrons. The van der Waals surface area contributed by atoms with Gasteiger partial charge in [-0.2, -0.15) is 0 Å². The molecule has 0 unspecified atom stereocenters. The number of aromatic nitrogens is 1. The SMILES string of the molecule is O=C(CCc1ccccn1)Nc1ccc(F)c(F)c1. The zero-order valence-corrected chi connectivity index (χ0v) is 10.1. The van der Waals surface area contributed by atoms with Gasteiger partial charge in [0.2, 0.25) is 5.91 Å². The van der Waals surface area contributed by atoms with Crippen LogP contribution < -0.4 is 5.32 Å². The monoisotopic (exact) mass is 262 g/mol. The van der Waals surface area contributed by atoms with Gasteiger partial charge in [-0.25, -0.2) is 8.78 Å². The quantitative estimate of drug-likeness (QED) is 0.920. The Hall–Kier alpha value is -2.30. The predicted molar refractivity (Wildman–Crippen MR) is 67.5 cm³/mol.